The summed E-state index contributed by atoms with van der Waals surface area (Å²) in [5.74, 6) is -1.60. The number of ether oxygens (including phenoxy) is 4. The molecule has 3 N–H and O–H groups in total. The Morgan fingerprint density at radius 1 is 0.811 bits per heavy atom. The van der Waals surface area contributed by atoms with E-state index in [4.69, 9.17) is 23.4 Å². The van der Waals surface area contributed by atoms with Crippen molar-refractivity contribution >= 4 is 22.9 Å². The number of aryl methyl sites for hydroxylation is 1. The van der Waals surface area contributed by atoms with Crippen molar-refractivity contribution in [3.05, 3.63) is 181 Å². The van der Waals surface area contributed by atoms with Gasteiger partial charge in [-0.3, -0.25) is 4.79 Å². The van der Waals surface area contributed by atoms with Gasteiger partial charge in [0, 0.05) is 66.2 Å². The summed E-state index contributed by atoms with van der Waals surface area (Å²) >= 11 is 0. The van der Waals surface area contributed by atoms with Crippen LogP contribution in [0, 0.1) is 29.6 Å². The van der Waals surface area contributed by atoms with Crippen LogP contribution in [0.3, 0.4) is 0 Å². The predicted molar refractivity (Wildman–Crippen MR) is 281 cm³/mol. The number of fused-ring (bicyclic) bond motifs is 11. The summed E-state index contributed by atoms with van der Waals surface area (Å²) in [6.07, 6.45) is 13.8. The van der Waals surface area contributed by atoms with Crippen molar-refractivity contribution in [1.29, 1.82) is 0 Å². The van der Waals surface area contributed by atoms with Crippen LogP contribution in [0.15, 0.2) is 136 Å². The van der Waals surface area contributed by atoms with Crippen LogP contribution in [0.5, 0.6) is 5.75 Å². The molecule has 11 heteroatoms. The Kier molecular flexibility index (Phi) is 14.4. The van der Waals surface area contributed by atoms with Crippen LogP contribution in [-0.2, 0) is 43.2 Å². The lowest BCUT2D eigenvalue weighted by molar-refractivity contribution is -0.234. The highest BCUT2D eigenvalue weighted by Crippen LogP contribution is 2.63. The molecular formula is C63H68O11. The second-order valence-electron chi connectivity index (χ2n) is 21.9. The van der Waals surface area contributed by atoms with Gasteiger partial charge in [-0.15, -0.1) is 0 Å². The van der Waals surface area contributed by atoms with Gasteiger partial charge >= 0.3 is 17.6 Å². The maximum absolute atomic E-state index is 15.5. The minimum Gasteiger partial charge on any atom is -0.482 e. The molecule has 11 atom stereocenters. The minimum absolute atomic E-state index is 0.0234. The van der Waals surface area contributed by atoms with E-state index in [1.807, 2.05) is 12.1 Å². The average Bonchev–Trinajstić information content (AvgIpc) is 3.48. The molecule has 12 rings (SSSR count). The highest BCUT2D eigenvalue weighted by atomic mass is 16.6. The van der Waals surface area contributed by atoms with E-state index < -0.39 is 47.9 Å². The maximum atomic E-state index is 15.5. The number of rotatable bonds is 10. The molecule has 5 aromatic rings. The number of esters is 2. The van der Waals surface area contributed by atoms with Crippen molar-refractivity contribution in [2.45, 2.75) is 120 Å². The number of allylic oxidation sites excluding steroid dienone is 3. The van der Waals surface area contributed by atoms with Crippen molar-refractivity contribution in [3.8, 4) is 5.75 Å². The van der Waals surface area contributed by atoms with Gasteiger partial charge in [-0.1, -0.05) is 110 Å². The summed E-state index contributed by atoms with van der Waals surface area (Å²) in [5, 5.41) is 32.3. The third-order valence-electron chi connectivity index (χ3n) is 17.7. The molecule has 4 aromatic carbocycles. The van der Waals surface area contributed by atoms with Crippen molar-refractivity contribution < 1.29 is 48.3 Å². The largest absolute Gasteiger partial charge is 0.482 e. The summed E-state index contributed by atoms with van der Waals surface area (Å²) in [4.78, 5) is 45.3. The van der Waals surface area contributed by atoms with E-state index in [0.717, 1.165) is 49.7 Å². The van der Waals surface area contributed by atoms with E-state index in [0.29, 0.717) is 40.7 Å². The summed E-state index contributed by atoms with van der Waals surface area (Å²) in [6.45, 7) is 0.728. The zero-order valence-electron chi connectivity index (χ0n) is 42.5. The molecule has 74 heavy (non-hydrogen) atoms. The Balaban J connectivity index is 1.08. The fourth-order valence-electron chi connectivity index (χ4n) is 14.3. The Labute approximate surface area is 432 Å². The molecule has 2 fully saturated rings. The van der Waals surface area contributed by atoms with Gasteiger partial charge in [0.25, 0.3) is 0 Å². The first-order chi connectivity index (χ1) is 36.1. The van der Waals surface area contributed by atoms with Crippen LogP contribution < -0.4 is 10.4 Å². The molecule has 1 aromatic heterocycles. The van der Waals surface area contributed by atoms with Gasteiger partial charge in [-0.05, 0) is 134 Å². The molecule has 0 amide bonds. The van der Waals surface area contributed by atoms with Crippen LogP contribution in [0.1, 0.15) is 133 Å². The van der Waals surface area contributed by atoms with E-state index in [2.05, 4.69) is 97.1 Å². The number of carbonyl (C=O) groups excluding carboxylic acids is 2. The van der Waals surface area contributed by atoms with Crippen molar-refractivity contribution in [1.82, 2.24) is 0 Å². The van der Waals surface area contributed by atoms with Gasteiger partial charge in [0.05, 0.1) is 25.4 Å². The first-order valence-corrected chi connectivity index (χ1v) is 26.9. The zero-order valence-corrected chi connectivity index (χ0v) is 42.5. The van der Waals surface area contributed by atoms with E-state index in [1.54, 1.807) is 13.0 Å². The molecule has 0 unspecified atom stereocenters. The topological polar surface area (TPSA) is 162 Å². The van der Waals surface area contributed by atoms with Gasteiger partial charge in [0.15, 0.2) is 17.8 Å². The molecule has 4 heterocycles. The van der Waals surface area contributed by atoms with Crippen molar-refractivity contribution in [2.75, 3.05) is 26.9 Å². The SMILES string of the molecule is COC[C@@H](CCO)c1c(CO)c2ccc3c(c2oc1=O)[C@H]1OC(=O)C[C@H]2C[C@@H](c4cccc(Cc5ccccc5)c4)C=C[C@H]2c2ccc(cc2)CC/C(=C(\C)CO)C(=O)O[C@@H]1[C@@]1(O3)[C@@H]2[C@H]3CCC[C@@H]2C=C[C@@H]1CC3. The smallest absolute Gasteiger partial charge is 0.340 e. The van der Waals surface area contributed by atoms with Crippen LogP contribution in [0.25, 0.3) is 11.0 Å². The summed E-state index contributed by atoms with van der Waals surface area (Å²) < 4.78 is 33.6. The summed E-state index contributed by atoms with van der Waals surface area (Å²) in [5.41, 5.74) is 5.45. The fraction of sp³-hybridized carbons (Fsp3) is 0.444. The van der Waals surface area contributed by atoms with Crippen molar-refractivity contribution in [2.24, 2.45) is 29.6 Å². The Morgan fingerprint density at radius 3 is 2.42 bits per heavy atom. The number of aliphatic hydroxyl groups is 3. The Bertz CT molecular complexity index is 3040. The molecule has 4 aliphatic carbocycles. The molecule has 3 aliphatic heterocycles. The molecule has 386 valence electrons. The van der Waals surface area contributed by atoms with Crippen LogP contribution in [0.4, 0.5) is 0 Å². The van der Waals surface area contributed by atoms with E-state index >= 15 is 9.59 Å². The molecule has 7 aliphatic rings. The maximum Gasteiger partial charge on any atom is 0.340 e. The van der Waals surface area contributed by atoms with Gasteiger partial charge in [-0.25, -0.2) is 9.59 Å². The van der Waals surface area contributed by atoms with Gasteiger partial charge in [0.1, 0.15) is 11.3 Å². The van der Waals surface area contributed by atoms with E-state index in [-0.39, 0.29) is 97.2 Å². The van der Waals surface area contributed by atoms with Crippen LogP contribution in [0.2, 0.25) is 0 Å². The molecule has 1 spiro atoms. The Hall–Kier alpha value is -6.11. The number of carbonyl (C=O) groups is 2. The average molecular weight is 1000 g/mol. The number of hydrogen-bond acceptors (Lipinski definition) is 11. The summed E-state index contributed by atoms with van der Waals surface area (Å²) in [7, 11) is 1.51. The second kappa shape index (κ2) is 21.3. The fourth-order valence-corrected chi connectivity index (χ4v) is 14.3. The van der Waals surface area contributed by atoms with Gasteiger partial charge in [0.2, 0.25) is 0 Å². The molecule has 2 saturated carbocycles. The quantitative estimate of drug-likeness (QED) is 0.0528. The number of hydrogen-bond donors (Lipinski definition) is 3. The highest BCUT2D eigenvalue weighted by molar-refractivity contribution is 5.90. The first-order valence-electron chi connectivity index (χ1n) is 26.9. The predicted octanol–water partition coefficient (Wildman–Crippen LogP) is 10.4. The molecule has 0 radical (unpaired) electrons. The summed E-state index contributed by atoms with van der Waals surface area (Å²) in [6, 6.07) is 31.2. The first kappa shape index (κ1) is 50.1. The number of methoxy groups -OCH3 is 1. The Morgan fingerprint density at radius 2 is 1.64 bits per heavy atom. The standard InChI is InChI=1S/C63H68O11/c1-37(34-65)49-24-16-38-14-17-41(18-15-38)50-25-21-45(44-13-6-10-40(31-44)30-39-8-4-3-5-9-39)32-47(50)33-54(67)71-59-56-53(27-26-51-52(35-66)55(62(69)72-58(51)56)46(28-29-64)36-70-2)74-63(60(59)73-61(49)68)48-22-19-42-11-7-12-43(20-23-48)57(42)63/h3-6,8-10,13-15,17-19,21-22,25-27,31,42-43,45-48,50,57,59-60,64-66H,7,11-12,16,20,23-24,28-30,32-36H2,1-2H3/b49-37-/t42-,43+,45+,46-,47-,48-,50+,57+,59-,60+,63+/m1/s1. The molecular weight excluding hydrogens is 933 g/mol. The molecule has 4 bridgehead atoms. The minimum atomic E-state index is -1.31. The lowest BCUT2D eigenvalue weighted by Crippen LogP contribution is -2.69. The van der Waals surface area contributed by atoms with E-state index in [9.17, 15) is 20.1 Å². The third-order valence-corrected chi connectivity index (χ3v) is 17.7. The zero-order chi connectivity index (χ0) is 51.1. The monoisotopic (exact) mass is 1000 g/mol. The van der Waals surface area contributed by atoms with Crippen LogP contribution in [-0.4, -0.2) is 65.9 Å². The van der Waals surface area contributed by atoms with Gasteiger partial charge in [-0.2, -0.15) is 0 Å². The number of benzene rings is 4. The molecule has 0 saturated heterocycles. The van der Waals surface area contributed by atoms with Gasteiger partial charge < -0.3 is 38.7 Å². The third kappa shape index (κ3) is 9.18. The second-order valence-corrected chi connectivity index (χ2v) is 21.9. The lowest BCUT2D eigenvalue weighted by atomic mass is 9.50. The van der Waals surface area contributed by atoms with Crippen LogP contribution >= 0.6 is 0 Å². The normalized spacial score (nSPS) is 29.4. The lowest BCUT2D eigenvalue weighted by Gasteiger charge is -2.62. The number of aliphatic hydroxyl groups excluding tert-OH is 3. The highest BCUT2D eigenvalue weighted by Gasteiger charge is 2.67. The van der Waals surface area contributed by atoms with Crippen molar-refractivity contribution in [3.63, 3.8) is 0 Å². The van der Waals surface area contributed by atoms with E-state index in [1.165, 1.54) is 23.8 Å². The molecule has 11 nitrogen and oxygen atoms in total.